The zero-order chi connectivity index (χ0) is 17.2. The number of aliphatic hydroxyl groups is 2. The van der Waals surface area contributed by atoms with Crippen molar-refractivity contribution in [1.82, 2.24) is 4.90 Å². The van der Waals surface area contributed by atoms with E-state index in [-0.39, 0.29) is 43.1 Å². The lowest BCUT2D eigenvalue weighted by Gasteiger charge is -2.18. The number of hydrogen-bond donors (Lipinski definition) is 4. The van der Waals surface area contributed by atoms with Gasteiger partial charge in [-0.1, -0.05) is 6.07 Å². The number of anilines is 1. The van der Waals surface area contributed by atoms with E-state index < -0.39 is 11.9 Å². The highest BCUT2D eigenvalue weighted by atomic mass is 16.4. The number of carboxylic acid groups (broad SMARTS) is 1. The van der Waals surface area contributed by atoms with Gasteiger partial charge in [0.1, 0.15) is 11.6 Å². The molecule has 0 aliphatic heterocycles. The van der Waals surface area contributed by atoms with Crippen LogP contribution in [0.3, 0.4) is 0 Å². The van der Waals surface area contributed by atoms with Crippen molar-refractivity contribution in [3.8, 4) is 6.07 Å². The average Bonchev–Trinajstić information content (AvgIpc) is 2.53. The summed E-state index contributed by atoms with van der Waals surface area (Å²) in [5.74, 6) is -1.84. The van der Waals surface area contributed by atoms with E-state index >= 15 is 0 Å². The van der Waals surface area contributed by atoms with Gasteiger partial charge in [-0.3, -0.25) is 4.79 Å². The predicted octanol–water partition coefficient (Wildman–Crippen LogP) is 0.0174. The maximum absolute atomic E-state index is 12.1. The van der Waals surface area contributed by atoms with Crippen molar-refractivity contribution in [2.75, 3.05) is 31.6 Å². The van der Waals surface area contributed by atoms with E-state index in [0.717, 1.165) is 0 Å². The summed E-state index contributed by atoms with van der Waals surface area (Å²) in [4.78, 5) is 24.4. The highest BCUT2D eigenvalue weighted by molar-refractivity contribution is 6.06. The lowest BCUT2D eigenvalue weighted by Crippen LogP contribution is -2.26. The number of carboxylic acids is 1. The SMILES string of the molecule is N#C/C(=C/N(CCO)CCO)C(=O)Nc1cccc(C(=O)O)c1. The second kappa shape index (κ2) is 9.19. The van der Waals surface area contributed by atoms with Gasteiger partial charge in [-0.25, -0.2) is 4.79 Å². The zero-order valence-corrected chi connectivity index (χ0v) is 12.3. The molecule has 0 heterocycles. The second-order valence-electron chi connectivity index (χ2n) is 4.48. The molecule has 1 aromatic carbocycles. The number of nitrogens with one attached hydrogen (secondary N) is 1. The number of nitriles is 1. The van der Waals surface area contributed by atoms with Gasteiger partial charge in [-0.05, 0) is 18.2 Å². The van der Waals surface area contributed by atoms with Gasteiger partial charge in [-0.15, -0.1) is 0 Å². The number of aromatic carboxylic acids is 1. The van der Waals surface area contributed by atoms with E-state index in [1.807, 2.05) is 0 Å². The van der Waals surface area contributed by atoms with Crippen molar-refractivity contribution in [3.63, 3.8) is 0 Å². The summed E-state index contributed by atoms with van der Waals surface area (Å²) < 4.78 is 0. The quantitative estimate of drug-likeness (QED) is 0.392. The molecule has 0 radical (unpaired) electrons. The molecule has 1 aromatic rings. The molecule has 1 rings (SSSR count). The molecular formula is C15H17N3O5. The molecule has 0 aromatic heterocycles. The third kappa shape index (κ3) is 5.78. The predicted molar refractivity (Wildman–Crippen MR) is 81.5 cm³/mol. The molecule has 0 saturated heterocycles. The maximum Gasteiger partial charge on any atom is 0.335 e. The number of benzene rings is 1. The average molecular weight is 319 g/mol. The van der Waals surface area contributed by atoms with E-state index in [0.29, 0.717) is 0 Å². The minimum Gasteiger partial charge on any atom is -0.478 e. The fourth-order valence-corrected chi connectivity index (χ4v) is 1.75. The van der Waals surface area contributed by atoms with Crippen molar-refractivity contribution < 1.29 is 24.9 Å². The van der Waals surface area contributed by atoms with Crippen molar-refractivity contribution in [3.05, 3.63) is 41.6 Å². The summed E-state index contributed by atoms with van der Waals surface area (Å²) in [7, 11) is 0. The number of aliphatic hydroxyl groups excluding tert-OH is 2. The fourth-order valence-electron chi connectivity index (χ4n) is 1.75. The molecule has 0 atom stereocenters. The summed E-state index contributed by atoms with van der Waals surface area (Å²) in [6.45, 7) is -0.0734. The standard InChI is InChI=1S/C15H17N3O5/c16-9-12(10-18(4-6-19)5-7-20)14(21)17-13-3-1-2-11(8-13)15(22)23/h1-3,8,10,19-20H,4-7H2,(H,17,21)(H,22,23)/b12-10-. The Morgan fingerprint density at radius 2 is 1.91 bits per heavy atom. The van der Waals surface area contributed by atoms with Crippen molar-refractivity contribution in [1.29, 1.82) is 5.26 Å². The van der Waals surface area contributed by atoms with Crippen molar-refractivity contribution >= 4 is 17.6 Å². The van der Waals surface area contributed by atoms with Crippen LogP contribution in [0.15, 0.2) is 36.0 Å². The van der Waals surface area contributed by atoms with Crippen molar-refractivity contribution in [2.45, 2.75) is 0 Å². The maximum atomic E-state index is 12.1. The Morgan fingerprint density at radius 3 is 2.43 bits per heavy atom. The molecule has 0 aliphatic rings. The van der Waals surface area contributed by atoms with Crippen LogP contribution < -0.4 is 5.32 Å². The smallest absolute Gasteiger partial charge is 0.335 e. The Balaban J connectivity index is 2.90. The number of amides is 1. The van der Waals surface area contributed by atoms with Crippen molar-refractivity contribution in [2.24, 2.45) is 0 Å². The van der Waals surface area contributed by atoms with Crippen LogP contribution >= 0.6 is 0 Å². The summed E-state index contributed by atoms with van der Waals surface area (Å²) in [5, 5.41) is 38.2. The van der Waals surface area contributed by atoms with Gasteiger partial charge >= 0.3 is 5.97 Å². The van der Waals surface area contributed by atoms with E-state index in [4.69, 9.17) is 20.6 Å². The second-order valence-corrected chi connectivity index (χ2v) is 4.48. The summed E-state index contributed by atoms with van der Waals surface area (Å²) in [6.07, 6.45) is 1.24. The van der Waals surface area contributed by atoms with Gasteiger partial charge < -0.3 is 25.5 Å². The Kier molecular flexibility index (Phi) is 7.26. The normalized spacial score (nSPS) is 10.7. The summed E-state index contributed by atoms with van der Waals surface area (Å²) >= 11 is 0. The minimum atomic E-state index is -1.13. The molecule has 0 spiro atoms. The first-order valence-electron chi connectivity index (χ1n) is 6.74. The molecule has 0 aliphatic carbocycles. The topological polar surface area (TPSA) is 134 Å². The Labute approximate surface area is 132 Å². The van der Waals surface area contributed by atoms with Crippen LogP contribution in [0.2, 0.25) is 0 Å². The molecule has 0 fully saturated rings. The first kappa shape index (κ1) is 18.2. The van der Waals surface area contributed by atoms with E-state index in [1.54, 1.807) is 6.07 Å². The van der Waals surface area contributed by atoms with Crippen LogP contribution in [0.4, 0.5) is 5.69 Å². The summed E-state index contributed by atoms with van der Waals surface area (Å²) in [6, 6.07) is 7.35. The Morgan fingerprint density at radius 1 is 1.26 bits per heavy atom. The van der Waals surface area contributed by atoms with E-state index in [1.165, 1.54) is 35.4 Å². The number of carbonyl (C=O) groups excluding carboxylic acids is 1. The fraction of sp³-hybridized carbons (Fsp3) is 0.267. The highest BCUT2D eigenvalue weighted by Gasteiger charge is 2.12. The Bertz CT molecular complexity index is 630. The molecule has 0 bridgehead atoms. The van der Waals surface area contributed by atoms with Gasteiger partial charge in [0.25, 0.3) is 5.91 Å². The van der Waals surface area contributed by atoms with Crippen LogP contribution in [0.5, 0.6) is 0 Å². The van der Waals surface area contributed by atoms with Crippen LogP contribution in [0.25, 0.3) is 0 Å². The number of rotatable bonds is 8. The Hall–Kier alpha value is -2.89. The van der Waals surface area contributed by atoms with Gasteiger partial charge in [0, 0.05) is 25.0 Å². The lowest BCUT2D eigenvalue weighted by atomic mass is 10.2. The third-order valence-electron chi connectivity index (χ3n) is 2.82. The van der Waals surface area contributed by atoms with Gasteiger partial charge in [-0.2, -0.15) is 5.26 Å². The molecule has 0 unspecified atom stereocenters. The molecule has 4 N–H and O–H groups in total. The molecule has 0 saturated carbocycles. The van der Waals surface area contributed by atoms with Crippen LogP contribution in [-0.2, 0) is 4.79 Å². The van der Waals surface area contributed by atoms with Gasteiger partial charge in [0.05, 0.1) is 18.8 Å². The number of nitrogens with zero attached hydrogens (tertiary/aromatic N) is 2. The monoisotopic (exact) mass is 319 g/mol. The largest absolute Gasteiger partial charge is 0.478 e. The summed E-state index contributed by atoms with van der Waals surface area (Å²) in [5.41, 5.74) is 0.0204. The van der Waals surface area contributed by atoms with E-state index in [9.17, 15) is 9.59 Å². The van der Waals surface area contributed by atoms with Crippen LogP contribution in [0, 0.1) is 11.3 Å². The highest BCUT2D eigenvalue weighted by Crippen LogP contribution is 2.12. The molecule has 23 heavy (non-hydrogen) atoms. The van der Waals surface area contributed by atoms with Gasteiger partial charge in [0.2, 0.25) is 0 Å². The molecule has 122 valence electrons. The minimum absolute atomic E-state index is 0.00692. The van der Waals surface area contributed by atoms with Gasteiger partial charge in [0.15, 0.2) is 0 Å². The lowest BCUT2D eigenvalue weighted by molar-refractivity contribution is -0.112. The molecule has 1 amide bonds. The van der Waals surface area contributed by atoms with Crippen LogP contribution in [0.1, 0.15) is 10.4 Å². The third-order valence-corrected chi connectivity index (χ3v) is 2.82. The molecule has 8 nitrogen and oxygen atoms in total. The molecular weight excluding hydrogens is 302 g/mol. The zero-order valence-electron chi connectivity index (χ0n) is 12.3. The molecule has 8 heteroatoms. The number of hydrogen-bond acceptors (Lipinski definition) is 6. The van der Waals surface area contributed by atoms with E-state index in [2.05, 4.69) is 5.32 Å². The first-order valence-corrected chi connectivity index (χ1v) is 6.74. The first-order chi connectivity index (χ1) is 11.0. The number of carbonyl (C=O) groups is 2. The van der Waals surface area contributed by atoms with Crippen LogP contribution in [-0.4, -0.2) is 58.4 Å².